The standard InChI is InChI=1S/C15H31N3O/c1-12(2)17(5)15(19)13(3)18-10-7-14(8-11-18)6-9-16-4/h12-14,16H,6-11H2,1-5H3. The van der Waals surface area contributed by atoms with Crippen molar-refractivity contribution >= 4 is 5.91 Å². The van der Waals surface area contributed by atoms with Gasteiger partial charge in [-0.15, -0.1) is 0 Å². The SMILES string of the molecule is CNCCC1CCN(C(C)C(=O)N(C)C(C)C)CC1. The molecule has 1 heterocycles. The van der Waals surface area contributed by atoms with Gasteiger partial charge in [0.1, 0.15) is 0 Å². The van der Waals surface area contributed by atoms with Gasteiger partial charge in [-0.25, -0.2) is 0 Å². The minimum Gasteiger partial charge on any atom is -0.342 e. The average molecular weight is 269 g/mol. The van der Waals surface area contributed by atoms with Crippen LogP contribution >= 0.6 is 0 Å². The summed E-state index contributed by atoms with van der Waals surface area (Å²) in [6.07, 6.45) is 3.72. The number of likely N-dealkylation sites (N-methyl/N-ethyl adjacent to an activating group) is 1. The van der Waals surface area contributed by atoms with E-state index < -0.39 is 0 Å². The Kier molecular flexibility index (Phi) is 6.80. The predicted octanol–water partition coefficient (Wildman–Crippen LogP) is 1.56. The fourth-order valence-corrected chi connectivity index (χ4v) is 2.68. The first-order valence-electron chi connectivity index (χ1n) is 7.62. The molecule has 112 valence electrons. The summed E-state index contributed by atoms with van der Waals surface area (Å²) in [5.41, 5.74) is 0. The van der Waals surface area contributed by atoms with Crippen LogP contribution in [0.4, 0.5) is 0 Å². The lowest BCUT2D eigenvalue weighted by molar-refractivity contribution is -0.137. The van der Waals surface area contributed by atoms with Gasteiger partial charge in [0.15, 0.2) is 0 Å². The number of nitrogens with one attached hydrogen (secondary N) is 1. The average Bonchev–Trinajstić information content (AvgIpc) is 2.43. The molecule has 1 N–H and O–H groups in total. The van der Waals surface area contributed by atoms with E-state index in [4.69, 9.17) is 0 Å². The fourth-order valence-electron chi connectivity index (χ4n) is 2.68. The highest BCUT2D eigenvalue weighted by atomic mass is 16.2. The van der Waals surface area contributed by atoms with E-state index in [1.165, 1.54) is 19.3 Å². The number of carbonyl (C=O) groups is 1. The molecule has 0 bridgehead atoms. The minimum atomic E-state index is 0.0256. The zero-order valence-electron chi connectivity index (χ0n) is 13.3. The molecule has 1 unspecified atom stereocenters. The highest BCUT2D eigenvalue weighted by Crippen LogP contribution is 2.22. The van der Waals surface area contributed by atoms with Gasteiger partial charge in [-0.05, 0) is 72.6 Å². The molecule has 1 rings (SSSR count). The third-order valence-electron chi connectivity index (χ3n) is 4.48. The Morgan fingerprint density at radius 3 is 2.37 bits per heavy atom. The summed E-state index contributed by atoms with van der Waals surface area (Å²) in [6, 6.07) is 0.306. The second-order valence-corrected chi connectivity index (χ2v) is 6.09. The summed E-state index contributed by atoms with van der Waals surface area (Å²) in [6.45, 7) is 9.41. The molecular weight excluding hydrogens is 238 g/mol. The van der Waals surface area contributed by atoms with E-state index in [-0.39, 0.29) is 18.0 Å². The van der Waals surface area contributed by atoms with E-state index in [9.17, 15) is 4.79 Å². The molecule has 0 radical (unpaired) electrons. The summed E-state index contributed by atoms with van der Waals surface area (Å²) in [5.74, 6) is 1.08. The molecule has 1 atom stereocenters. The fraction of sp³-hybridized carbons (Fsp3) is 0.933. The van der Waals surface area contributed by atoms with Crippen molar-refractivity contribution in [1.29, 1.82) is 0 Å². The van der Waals surface area contributed by atoms with Crippen molar-refractivity contribution in [2.45, 2.75) is 52.1 Å². The van der Waals surface area contributed by atoms with Gasteiger partial charge in [0, 0.05) is 13.1 Å². The summed E-state index contributed by atoms with van der Waals surface area (Å²) >= 11 is 0. The molecule has 0 aliphatic carbocycles. The van der Waals surface area contributed by atoms with Gasteiger partial charge in [0.2, 0.25) is 5.91 Å². The van der Waals surface area contributed by atoms with E-state index in [0.717, 1.165) is 25.6 Å². The van der Waals surface area contributed by atoms with E-state index in [0.29, 0.717) is 0 Å². The number of likely N-dealkylation sites (tertiary alicyclic amines) is 1. The van der Waals surface area contributed by atoms with Crippen molar-refractivity contribution < 1.29 is 4.79 Å². The minimum absolute atomic E-state index is 0.0256. The Labute approximate surface area is 118 Å². The van der Waals surface area contributed by atoms with Gasteiger partial charge in [-0.3, -0.25) is 9.69 Å². The van der Waals surface area contributed by atoms with E-state index in [2.05, 4.69) is 31.0 Å². The number of hydrogen-bond donors (Lipinski definition) is 1. The highest BCUT2D eigenvalue weighted by Gasteiger charge is 2.28. The molecule has 0 saturated carbocycles. The van der Waals surface area contributed by atoms with Crippen molar-refractivity contribution in [3.05, 3.63) is 0 Å². The molecule has 0 aromatic rings. The number of rotatable bonds is 6. The molecule has 0 aromatic heterocycles. The predicted molar refractivity (Wildman–Crippen MR) is 80.2 cm³/mol. The van der Waals surface area contributed by atoms with Crippen LogP contribution in [0.15, 0.2) is 0 Å². The Bertz CT molecular complexity index is 273. The normalized spacial score (nSPS) is 19.7. The van der Waals surface area contributed by atoms with Crippen LogP contribution < -0.4 is 5.32 Å². The molecular formula is C15H31N3O. The summed E-state index contributed by atoms with van der Waals surface area (Å²) in [5, 5.41) is 3.22. The first-order chi connectivity index (χ1) is 8.97. The van der Waals surface area contributed by atoms with Crippen LogP contribution in [0.3, 0.4) is 0 Å². The van der Waals surface area contributed by atoms with Crippen molar-refractivity contribution in [2.75, 3.05) is 33.7 Å². The zero-order valence-corrected chi connectivity index (χ0v) is 13.3. The van der Waals surface area contributed by atoms with Crippen LogP contribution in [0.5, 0.6) is 0 Å². The van der Waals surface area contributed by atoms with Crippen LogP contribution in [-0.2, 0) is 4.79 Å². The quantitative estimate of drug-likeness (QED) is 0.795. The van der Waals surface area contributed by atoms with Crippen LogP contribution in [0.25, 0.3) is 0 Å². The monoisotopic (exact) mass is 269 g/mol. The maximum Gasteiger partial charge on any atom is 0.239 e. The van der Waals surface area contributed by atoms with Crippen molar-refractivity contribution in [1.82, 2.24) is 15.1 Å². The molecule has 0 spiro atoms. The molecule has 1 fully saturated rings. The topological polar surface area (TPSA) is 35.6 Å². The largest absolute Gasteiger partial charge is 0.342 e. The molecule has 1 aliphatic rings. The lowest BCUT2D eigenvalue weighted by Gasteiger charge is -2.37. The summed E-state index contributed by atoms with van der Waals surface area (Å²) < 4.78 is 0. The zero-order chi connectivity index (χ0) is 14.4. The molecule has 19 heavy (non-hydrogen) atoms. The van der Waals surface area contributed by atoms with Crippen LogP contribution in [-0.4, -0.2) is 61.5 Å². The van der Waals surface area contributed by atoms with Gasteiger partial charge in [-0.2, -0.15) is 0 Å². The van der Waals surface area contributed by atoms with E-state index in [1.807, 2.05) is 19.0 Å². The lowest BCUT2D eigenvalue weighted by atomic mass is 9.92. The number of carbonyl (C=O) groups excluding carboxylic acids is 1. The molecule has 4 heteroatoms. The van der Waals surface area contributed by atoms with Crippen molar-refractivity contribution in [3.8, 4) is 0 Å². The third kappa shape index (κ3) is 4.77. The van der Waals surface area contributed by atoms with Gasteiger partial charge in [-0.1, -0.05) is 0 Å². The van der Waals surface area contributed by atoms with Gasteiger partial charge in [0.05, 0.1) is 6.04 Å². The second kappa shape index (κ2) is 7.85. The maximum absolute atomic E-state index is 12.3. The van der Waals surface area contributed by atoms with Crippen LogP contribution in [0, 0.1) is 5.92 Å². The molecule has 1 amide bonds. The molecule has 1 aliphatic heterocycles. The first kappa shape index (κ1) is 16.4. The highest BCUT2D eigenvalue weighted by molar-refractivity contribution is 5.81. The summed E-state index contributed by atoms with van der Waals surface area (Å²) in [7, 11) is 3.92. The van der Waals surface area contributed by atoms with Gasteiger partial charge < -0.3 is 10.2 Å². The summed E-state index contributed by atoms with van der Waals surface area (Å²) in [4.78, 5) is 16.5. The lowest BCUT2D eigenvalue weighted by Crippen LogP contribution is -2.50. The first-order valence-corrected chi connectivity index (χ1v) is 7.62. The second-order valence-electron chi connectivity index (χ2n) is 6.09. The van der Waals surface area contributed by atoms with Crippen LogP contribution in [0.2, 0.25) is 0 Å². The molecule has 1 saturated heterocycles. The van der Waals surface area contributed by atoms with E-state index >= 15 is 0 Å². The Morgan fingerprint density at radius 2 is 1.89 bits per heavy atom. The Morgan fingerprint density at radius 1 is 1.32 bits per heavy atom. The maximum atomic E-state index is 12.3. The van der Waals surface area contributed by atoms with Gasteiger partial charge in [0.25, 0.3) is 0 Å². The Balaban J connectivity index is 2.40. The smallest absolute Gasteiger partial charge is 0.239 e. The molecule has 4 nitrogen and oxygen atoms in total. The number of nitrogens with zero attached hydrogens (tertiary/aromatic N) is 2. The third-order valence-corrected chi connectivity index (χ3v) is 4.48. The van der Waals surface area contributed by atoms with Crippen LogP contribution in [0.1, 0.15) is 40.0 Å². The number of amides is 1. The Hall–Kier alpha value is -0.610. The van der Waals surface area contributed by atoms with Crippen molar-refractivity contribution in [3.63, 3.8) is 0 Å². The van der Waals surface area contributed by atoms with Crippen molar-refractivity contribution in [2.24, 2.45) is 5.92 Å². The number of hydrogen-bond acceptors (Lipinski definition) is 3. The van der Waals surface area contributed by atoms with Gasteiger partial charge >= 0.3 is 0 Å². The van der Waals surface area contributed by atoms with E-state index in [1.54, 1.807) is 0 Å². The number of piperidine rings is 1. The molecule has 0 aromatic carbocycles.